The van der Waals surface area contributed by atoms with E-state index in [0.29, 0.717) is 12.3 Å². The van der Waals surface area contributed by atoms with Crippen molar-refractivity contribution in [3.63, 3.8) is 0 Å². The largest absolute Gasteiger partial charge is 0.342 e. The summed E-state index contributed by atoms with van der Waals surface area (Å²) in [6.45, 7) is 11.1. The van der Waals surface area contributed by atoms with E-state index in [-0.39, 0.29) is 5.91 Å². The molecule has 5 heteroatoms. The Balaban J connectivity index is 0.000000370. The molecule has 1 aliphatic carbocycles. The number of H-pyrrole nitrogens is 1. The molecule has 3 aromatic rings. The van der Waals surface area contributed by atoms with Crippen molar-refractivity contribution >= 4 is 22.6 Å². The van der Waals surface area contributed by atoms with E-state index in [4.69, 9.17) is 4.98 Å². The van der Waals surface area contributed by atoms with E-state index in [2.05, 4.69) is 62.1 Å². The third kappa shape index (κ3) is 11.5. The highest BCUT2D eigenvalue weighted by Gasteiger charge is 2.19. The molecule has 2 N–H and O–H groups in total. The number of imidazole rings is 1. The van der Waals surface area contributed by atoms with Gasteiger partial charge >= 0.3 is 0 Å². The molecule has 5 nitrogen and oxygen atoms in total. The van der Waals surface area contributed by atoms with Crippen LogP contribution in [0.4, 0.5) is 5.69 Å². The summed E-state index contributed by atoms with van der Waals surface area (Å²) in [4.78, 5) is 22.7. The summed E-state index contributed by atoms with van der Waals surface area (Å²) in [5, 5.41) is 3.01. The summed E-state index contributed by atoms with van der Waals surface area (Å²) in [6.07, 6.45) is 11.7. The van der Waals surface area contributed by atoms with Crippen LogP contribution in [0.5, 0.6) is 0 Å². The molecule has 1 aromatic heterocycles. The Bertz CT molecular complexity index is 1000. The van der Waals surface area contributed by atoms with Crippen LogP contribution in [0, 0.1) is 0 Å². The van der Waals surface area contributed by atoms with Gasteiger partial charge in [-0.1, -0.05) is 96.6 Å². The molecule has 1 amide bonds. The van der Waals surface area contributed by atoms with E-state index in [1.807, 2.05) is 36.4 Å². The lowest BCUT2D eigenvalue weighted by Crippen LogP contribution is -2.15. The van der Waals surface area contributed by atoms with E-state index >= 15 is 0 Å². The number of benzene rings is 2. The van der Waals surface area contributed by atoms with Gasteiger partial charge in [-0.25, -0.2) is 4.98 Å². The first-order chi connectivity index (χ1) is 18.0. The van der Waals surface area contributed by atoms with Crippen LogP contribution >= 0.6 is 0 Å². The van der Waals surface area contributed by atoms with Crippen LogP contribution in [0.3, 0.4) is 0 Å². The van der Waals surface area contributed by atoms with Gasteiger partial charge in [0.25, 0.3) is 0 Å². The van der Waals surface area contributed by atoms with Gasteiger partial charge in [0.15, 0.2) is 0 Å². The van der Waals surface area contributed by atoms with Gasteiger partial charge in [-0.2, -0.15) is 0 Å². The number of nitrogens with zero attached hydrogens (tertiary/aromatic N) is 2. The fourth-order valence-corrected chi connectivity index (χ4v) is 4.38. The maximum Gasteiger partial charge on any atom is 0.224 e. The van der Waals surface area contributed by atoms with Crippen molar-refractivity contribution in [2.45, 2.75) is 97.8 Å². The highest BCUT2D eigenvalue weighted by molar-refractivity contribution is 5.93. The van der Waals surface area contributed by atoms with Gasteiger partial charge in [0.05, 0.1) is 11.0 Å². The third-order valence-corrected chi connectivity index (χ3v) is 7.05. The van der Waals surface area contributed by atoms with Gasteiger partial charge in [0.2, 0.25) is 5.91 Å². The highest BCUT2D eigenvalue weighted by Crippen LogP contribution is 2.32. The van der Waals surface area contributed by atoms with Crippen molar-refractivity contribution in [3.05, 3.63) is 59.9 Å². The number of fused-ring (bicyclic) bond motifs is 1. The Morgan fingerprint density at radius 3 is 2.22 bits per heavy atom. The number of carbonyl (C=O) groups excluding carboxylic acids is 1. The van der Waals surface area contributed by atoms with Crippen LogP contribution in [0.15, 0.2) is 48.5 Å². The minimum Gasteiger partial charge on any atom is -0.342 e. The van der Waals surface area contributed by atoms with Crippen molar-refractivity contribution in [2.24, 2.45) is 0 Å². The smallest absolute Gasteiger partial charge is 0.224 e. The number of hydrogen-bond acceptors (Lipinski definition) is 3. The Morgan fingerprint density at radius 2 is 1.65 bits per heavy atom. The van der Waals surface area contributed by atoms with Gasteiger partial charge in [-0.3, -0.25) is 4.79 Å². The molecule has 37 heavy (non-hydrogen) atoms. The van der Waals surface area contributed by atoms with Gasteiger partial charge in [0.1, 0.15) is 5.82 Å². The summed E-state index contributed by atoms with van der Waals surface area (Å²) in [7, 11) is 2.11. The zero-order valence-corrected chi connectivity index (χ0v) is 24.0. The number of unbranched alkanes of at least 4 members (excludes halogenated alkanes) is 2. The van der Waals surface area contributed by atoms with E-state index in [0.717, 1.165) is 42.1 Å². The van der Waals surface area contributed by atoms with Gasteiger partial charge in [0, 0.05) is 18.0 Å². The van der Waals surface area contributed by atoms with Crippen molar-refractivity contribution in [1.29, 1.82) is 0 Å². The number of nitrogens with one attached hydrogen (secondary N) is 2. The molecule has 0 unspecified atom stereocenters. The van der Waals surface area contributed by atoms with Crippen LogP contribution in [0.1, 0.15) is 103 Å². The zero-order valence-electron chi connectivity index (χ0n) is 24.0. The van der Waals surface area contributed by atoms with Gasteiger partial charge < -0.3 is 15.2 Å². The second kappa shape index (κ2) is 17.7. The maximum atomic E-state index is 12.2. The number of aromatic nitrogens is 2. The lowest BCUT2D eigenvalue weighted by atomic mass is 9.89. The van der Waals surface area contributed by atoms with Crippen LogP contribution in [0.25, 0.3) is 11.0 Å². The molecule has 1 heterocycles. The van der Waals surface area contributed by atoms with Gasteiger partial charge in [-0.05, 0) is 63.2 Å². The summed E-state index contributed by atoms with van der Waals surface area (Å²) < 4.78 is 0. The summed E-state index contributed by atoms with van der Waals surface area (Å²) in [6, 6.07) is 16.0. The molecular formula is C32H50N4O. The summed E-state index contributed by atoms with van der Waals surface area (Å²) in [5.74, 6) is 1.70. The zero-order chi connectivity index (χ0) is 26.9. The van der Waals surface area contributed by atoms with Crippen molar-refractivity contribution in [1.82, 2.24) is 14.9 Å². The van der Waals surface area contributed by atoms with Crippen LogP contribution < -0.4 is 5.32 Å². The molecule has 0 saturated heterocycles. The average molecular weight is 507 g/mol. The maximum absolute atomic E-state index is 12.2. The number of anilines is 1. The molecule has 0 bridgehead atoms. The second-order valence-corrected chi connectivity index (χ2v) is 10.1. The van der Waals surface area contributed by atoms with E-state index in [1.165, 1.54) is 56.9 Å². The molecule has 1 saturated carbocycles. The number of aromatic amines is 1. The third-order valence-electron chi connectivity index (χ3n) is 7.05. The molecule has 4 rings (SSSR count). The van der Waals surface area contributed by atoms with E-state index in [1.54, 1.807) is 0 Å². The lowest BCUT2D eigenvalue weighted by molar-refractivity contribution is -0.116. The molecule has 2 aromatic carbocycles. The summed E-state index contributed by atoms with van der Waals surface area (Å²) in [5.41, 5.74) is 4.00. The normalized spacial score (nSPS) is 13.5. The molecule has 0 atom stereocenters. The Labute approximate surface area is 225 Å². The van der Waals surface area contributed by atoms with Crippen LogP contribution in [0.2, 0.25) is 0 Å². The molecule has 1 aliphatic rings. The molecule has 204 valence electrons. The number of aryl methyl sites for hydroxylation is 1. The molecule has 0 aliphatic heterocycles. The van der Waals surface area contributed by atoms with Crippen molar-refractivity contribution in [2.75, 3.05) is 25.5 Å². The predicted octanol–water partition coefficient (Wildman–Crippen LogP) is 8.34. The Hall–Kier alpha value is -2.66. The standard InChI is InChI=1S/C22H25N3O.C5H13N.C5H12/c26-21(14-11-16-7-3-1-4-8-16)23-18-12-13-19-20(15-18)25-22(24-19)17-9-5-2-6-10-17;1-4-6(3)5-2;1-3-5-4-2/h1,3-4,7-8,12-13,15,17H,2,5-6,9-11,14H2,(H,23,26)(H,24,25);4-5H2,1-3H3;3-5H2,1-2H3. The van der Waals surface area contributed by atoms with Crippen molar-refractivity contribution in [3.8, 4) is 0 Å². The van der Waals surface area contributed by atoms with E-state index < -0.39 is 0 Å². The monoisotopic (exact) mass is 506 g/mol. The minimum absolute atomic E-state index is 0.0419. The highest BCUT2D eigenvalue weighted by atomic mass is 16.1. The predicted molar refractivity (Wildman–Crippen MR) is 159 cm³/mol. The first-order valence-electron chi connectivity index (χ1n) is 14.5. The molecule has 0 spiro atoms. The minimum atomic E-state index is 0.0419. The molecule has 0 radical (unpaired) electrons. The first kappa shape index (κ1) is 30.6. The van der Waals surface area contributed by atoms with Crippen LogP contribution in [-0.2, 0) is 11.2 Å². The fraction of sp³-hybridized carbons (Fsp3) is 0.562. The van der Waals surface area contributed by atoms with Crippen LogP contribution in [-0.4, -0.2) is 40.9 Å². The summed E-state index contributed by atoms with van der Waals surface area (Å²) >= 11 is 0. The number of amides is 1. The number of hydrogen-bond donors (Lipinski definition) is 2. The fourth-order valence-electron chi connectivity index (χ4n) is 4.38. The quantitative estimate of drug-likeness (QED) is 0.307. The number of carbonyl (C=O) groups is 1. The first-order valence-corrected chi connectivity index (χ1v) is 14.5. The SMILES string of the molecule is CCCCC.CCN(C)CC.O=C(CCc1ccccc1)Nc1ccc2nc(C3CCCCC3)[nH]c2c1. The van der Waals surface area contributed by atoms with Crippen molar-refractivity contribution < 1.29 is 4.79 Å². The molecular weight excluding hydrogens is 456 g/mol. The number of rotatable bonds is 9. The topological polar surface area (TPSA) is 61.0 Å². The van der Waals surface area contributed by atoms with E-state index in [9.17, 15) is 4.79 Å². The van der Waals surface area contributed by atoms with Gasteiger partial charge in [-0.15, -0.1) is 0 Å². The average Bonchev–Trinajstić information content (AvgIpc) is 3.37. The Kier molecular flexibility index (Phi) is 14.7. The Morgan fingerprint density at radius 1 is 0.973 bits per heavy atom. The lowest BCUT2D eigenvalue weighted by Gasteiger charge is -2.18. The molecule has 1 fully saturated rings. The second-order valence-electron chi connectivity index (χ2n) is 10.1.